The Kier molecular flexibility index (Phi) is 4.40. The average Bonchev–Trinajstić information content (AvgIpc) is 2.66. The summed E-state index contributed by atoms with van der Waals surface area (Å²) in [7, 11) is 0. The van der Waals surface area contributed by atoms with Crippen molar-refractivity contribution < 1.29 is 4.42 Å². The maximum absolute atomic E-state index is 5.53. The highest BCUT2D eigenvalue weighted by atomic mass is 79.9. The van der Waals surface area contributed by atoms with Crippen molar-refractivity contribution in [2.24, 2.45) is 0 Å². The van der Waals surface area contributed by atoms with E-state index in [-0.39, 0.29) is 0 Å². The van der Waals surface area contributed by atoms with Crippen LogP contribution in [0.2, 0.25) is 0 Å². The van der Waals surface area contributed by atoms with E-state index in [9.17, 15) is 0 Å². The molecule has 0 saturated heterocycles. The first-order valence-electron chi connectivity index (χ1n) is 5.65. The highest BCUT2D eigenvalue weighted by Gasteiger charge is 2.12. The van der Waals surface area contributed by atoms with E-state index >= 15 is 0 Å². The molecule has 0 fully saturated rings. The number of aryl methyl sites for hydroxylation is 1. The van der Waals surface area contributed by atoms with Gasteiger partial charge in [0.05, 0.1) is 4.47 Å². The molecular weight excluding hydrogens is 362 g/mol. The summed E-state index contributed by atoms with van der Waals surface area (Å²) in [6, 6.07) is 3.77. The van der Waals surface area contributed by atoms with Crippen molar-refractivity contribution in [2.75, 3.05) is 11.9 Å². The number of hydrogen-bond donors (Lipinski definition) is 1. The molecule has 0 saturated carbocycles. The predicted molar refractivity (Wildman–Crippen MR) is 78.7 cm³/mol. The fourth-order valence-electron chi connectivity index (χ4n) is 1.48. The largest absolute Gasteiger partial charge is 0.445 e. The molecule has 0 aliphatic carbocycles. The molecule has 2 aromatic heterocycles. The van der Waals surface area contributed by atoms with E-state index in [1.807, 2.05) is 19.1 Å². The van der Waals surface area contributed by atoms with Gasteiger partial charge in [-0.1, -0.05) is 6.92 Å². The third-order valence-electron chi connectivity index (χ3n) is 2.28. The van der Waals surface area contributed by atoms with E-state index in [0.29, 0.717) is 16.3 Å². The van der Waals surface area contributed by atoms with Gasteiger partial charge < -0.3 is 9.73 Å². The number of hydrogen-bond acceptors (Lipinski definition) is 4. The monoisotopic (exact) mass is 373 g/mol. The van der Waals surface area contributed by atoms with Crippen molar-refractivity contribution >= 4 is 37.7 Å². The summed E-state index contributed by atoms with van der Waals surface area (Å²) in [5, 5.41) is 3.25. The summed E-state index contributed by atoms with van der Waals surface area (Å²) in [6.07, 6.45) is 1.05. The van der Waals surface area contributed by atoms with Crippen molar-refractivity contribution in [3.05, 3.63) is 27.0 Å². The molecule has 0 spiro atoms. The number of nitrogens with one attached hydrogen (secondary N) is 1. The van der Waals surface area contributed by atoms with Gasteiger partial charge in [-0.3, -0.25) is 0 Å². The van der Waals surface area contributed by atoms with Crippen molar-refractivity contribution in [1.82, 2.24) is 9.97 Å². The fourth-order valence-corrected chi connectivity index (χ4v) is 2.06. The average molecular weight is 375 g/mol. The van der Waals surface area contributed by atoms with Gasteiger partial charge in [-0.15, -0.1) is 0 Å². The zero-order valence-electron chi connectivity index (χ0n) is 10.1. The molecular formula is C12H13Br2N3O. The van der Waals surface area contributed by atoms with Gasteiger partial charge in [0.1, 0.15) is 5.82 Å². The number of furan rings is 1. The molecule has 0 atom stereocenters. The molecule has 0 aliphatic rings. The smallest absolute Gasteiger partial charge is 0.197 e. The molecule has 2 heterocycles. The minimum Gasteiger partial charge on any atom is -0.445 e. The lowest BCUT2D eigenvalue weighted by atomic mass is 10.3. The van der Waals surface area contributed by atoms with Crippen LogP contribution in [-0.4, -0.2) is 16.5 Å². The summed E-state index contributed by atoms with van der Waals surface area (Å²) < 4.78 is 7.03. The number of aromatic nitrogens is 2. The van der Waals surface area contributed by atoms with Crippen LogP contribution in [0.3, 0.4) is 0 Å². The van der Waals surface area contributed by atoms with Gasteiger partial charge >= 0.3 is 0 Å². The van der Waals surface area contributed by atoms with Crippen LogP contribution in [0.4, 0.5) is 5.82 Å². The Labute approximate surface area is 122 Å². The van der Waals surface area contributed by atoms with Crippen molar-refractivity contribution in [2.45, 2.75) is 20.3 Å². The molecule has 6 heteroatoms. The second-order valence-corrected chi connectivity index (χ2v) is 5.45. The highest BCUT2D eigenvalue weighted by Crippen LogP contribution is 2.31. The van der Waals surface area contributed by atoms with Crippen LogP contribution < -0.4 is 5.32 Å². The van der Waals surface area contributed by atoms with Crippen LogP contribution in [0.1, 0.15) is 19.0 Å². The fraction of sp³-hybridized carbons (Fsp3) is 0.333. The van der Waals surface area contributed by atoms with E-state index in [2.05, 4.69) is 54.1 Å². The van der Waals surface area contributed by atoms with Gasteiger partial charge in [0, 0.05) is 24.4 Å². The molecule has 0 aliphatic heterocycles. The zero-order chi connectivity index (χ0) is 13.1. The summed E-state index contributed by atoms with van der Waals surface area (Å²) in [6.45, 7) is 4.94. The van der Waals surface area contributed by atoms with Crippen LogP contribution in [0.25, 0.3) is 11.6 Å². The molecule has 0 bridgehead atoms. The van der Waals surface area contributed by atoms with E-state index in [4.69, 9.17) is 4.42 Å². The maximum Gasteiger partial charge on any atom is 0.197 e. The van der Waals surface area contributed by atoms with E-state index < -0.39 is 0 Å². The van der Waals surface area contributed by atoms with Crippen LogP contribution in [0.5, 0.6) is 0 Å². The molecule has 4 nitrogen and oxygen atoms in total. The third-order valence-corrected chi connectivity index (χ3v) is 3.99. The lowest BCUT2D eigenvalue weighted by molar-refractivity contribution is 0.549. The Morgan fingerprint density at radius 1 is 1.28 bits per heavy atom. The van der Waals surface area contributed by atoms with E-state index in [0.717, 1.165) is 29.0 Å². The first-order chi connectivity index (χ1) is 8.60. The van der Waals surface area contributed by atoms with E-state index in [1.54, 1.807) is 0 Å². The number of nitrogens with zero attached hydrogens (tertiary/aromatic N) is 2. The molecule has 1 N–H and O–H groups in total. The third kappa shape index (κ3) is 3.11. The Balaban J connectivity index is 2.35. The molecule has 0 amide bonds. The molecule has 0 unspecified atom stereocenters. The highest BCUT2D eigenvalue weighted by molar-refractivity contribution is 9.13. The molecule has 0 radical (unpaired) electrons. The number of rotatable bonds is 4. The van der Waals surface area contributed by atoms with Gasteiger partial charge in [-0.25, -0.2) is 9.97 Å². The molecule has 96 valence electrons. The Morgan fingerprint density at radius 2 is 2.06 bits per heavy atom. The molecule has 2 rings (SSSR count). The standard InChI is InChI=1S/C12H13Br2N3O/c1-3-4-15-10-5-7(2)16-12(17-10)9-6-8(13)11(14)18-9/h5-6H,3-4H2,1-2H3,(H,15,16,17). The molecule has 0 aromatic carbocycles. The predicted octanol–water partition coefficient (Wildman–Crippen LogP) is 4.39. The summed E-state index contributed by atoms with van der Waals surface area (Å²) >= 11 is 6.69. The molecule has 2 aromatic rings. The van der Waals surface area contributed by atoms with Crippen molar-refractivity contribution in [3.8, 4) is 11.6 Å². The normalized spacial score (nSPS) is 10.7. The first-order valence-corrected chi connectivity index (χ1v) is 7.23. The number of anilines is 1. The zero-order valence-corrected chi connectivity index (χ0v) is 13.3. The van der Waals surface area contributed by atoms with Crippen molar-refractivity contribution in [3.63, 3.8) is 0 Å². The van der Waals surface area contributed by atoms with Gasteiger partial charge in [-0.2, -0.15) is 0 Å². The van der Waals surface area contributed by atoms with Crippen LogP contribution >= 0.6 is 31.9 Å². The summed E-state index contributed by atoms with van der Waals surface area (Å²) in [4.78, 5) is 8.82. The van der Waals surface area contributed by atoms with Gasteiger partial charge in [-0.05, 0) is 45.2 Å². The Bertz CT molecular complexity index is 535. The quantitative estimate of drug-likeness (QED) is 0.861. The first kappa shape index (κ1) is 13.5. The van der Waals surface area contributed by atoms with E-state index in [1.165, 1.54) is 0 Å². The Morgan fingerprint density at radius 3 is 2.67 bits per heavy atom. The topological polar surface area (TPSA) is 51.0 Å². The maximum atomic E-state index is 5.53. The van der Waals surface area contributed by atoms with Gasteiger partial charge in [0.25, 0.3) is 0 Å². The SMILES string of the molecule is CCCNc1cc(C)nc(-c2cc(Br)c(Br)o2)n1. The van der Waals surface area contributed by atoms with Crippen LogP contribution in [0, 0.1) is 6.92 Å². The lowest BCUT2D eigenvalue weighted by Crippen LogP contribution is -2.04. The lowest BCUT2D eigenvalue weighted by Gasteiger charge is -2.06. The van der Waals surface area contributed by atoms with Gasteiger partial charge in [0.15, 0.2) is 16.3 Å². The molecule has 18 heavy (non-hydrogen) atoms. The van der Waals surface area contributed by atoms with Crippen LogP contribution in [0.15, 0.2) is 25.7 Å². The second-order valence-electron chi connectivity index (χ2n) is 3.88. The minimum absolute atomic E-state index is 0.583. The van der Waals surface area contributed by atoms with Crippen molar-refractivity contribution in [1.29, 1.82) is 0 Å². The van der Waals surface area contributed by atoms with Crippen LogP contribution in [-0.2, 0) is 0 Å². The minimum atomic E-state index is 0.583. The van der Waals surface area contributed by atoms with Gasteiger partial charge in [0.2, 0.25) is 0 Å². The number of halogens is 2. The summed E-state index contributed by atoms with van der Waals surface area (Å²) in [5.41, 5.74) is 0.905. The Hall–Kier alpha value is -0.880. The summed E-state index contributed by atoms with van der Waals surface area (Å²) in [5.74, 6) is 2.04. The second kappa shape index (κ2) is 5.84.